The summed E-state index contributed by atoms with van der Waals surface area (Å²) in [6.07, 6.45) is 0. The summed E-state index contributed by atoms with van der Waals surface area (Å²) in [4.78, 5) is 31.6. The number of esters is 1. The highest BCUT2D eigenvalue weighted by Crippen LogP contribution is 2.32. The molecule has 0 bridgehead atoms. The maximum Gasteiger partial charge on any atom is 0.340 e. The number of ether oxygens (including phenoxy) is 3. The zero-order valence-corrected chi connectivity index (χ0v) is 17.7. The zero-order valence-electron chi connectivity index (χ0n) is 17.7. The number of carbonyl (C=O) groups is 2. The monoisotopic (exact) mass is 414 g/mol. The van der Waals surface area contributed by atoms with Crippen molar-refractivity contribution in [3.63, 3.8) is 0 Å². The van der Waals surface area contributed by atoms with Gasteiger partial charge in [0.2, 0.25) is 6.79 Å². The molecule has 1 aromatic heterocycles. The first-order valence-electron chi connectivity index (χ1n) is 10.4. The van der Waals surface area contributed by atoms with Crippen LogP contribution in [0.3, 0.4) is 0 Å². The lowest BCUT2D eigenvalue weighted by molar-refractivity contribution is -0.917. The fraction of sp³-hybridized carbons (Fsp3) is 0.455. The molecule has 1 aromatic carbocycles. The van der Waals surface area contributed by atoms with Gasteiger partial charge in [-0.25, -0.2) is 4.79 Å². The van der Waals surface area contributed by atoms with Crippen LogP contribution in [0.4, 0.5) is 0 Å². The molecule has 2 aliphatic rings. The number of hydrogen-bond acceptors (Lipinski definition) is 5. The van der Waals surface area contributed by atoms with Gasteiger partial charge < -0.3 is 29.0 Å². The topological polar surface area (TPSA) is 85.3 Å². The fourth-order valence-electron chi connectivity index (χ4n) is 4.17. The molecule has 0 aliphatic carbocycles. The number of hydrogen-bond donors (Lipinski definition) is 2. The fourth-order valence-corrected chi connectivity index (χ4v) is 4.17. The standard InChI is InChI=1S/C22H27N3O5/c1-4-28-22(27)19-14(2)20(23-15(19)3)21(26)25-9-7-24(8-10-25)12-16-5-6-17-18(11-16)30-13-29-17/h5-6,11,23H,4,7-10,12-13H2,1-3H3/p+1. The van der Waals surface area contributed by atoms with Crippen LogP contribution < -0.4 is 14.4 Å². The van der Waals surface area contributed by atoms with Crippen LogP contribution >= 0.6 is 0 Å². The first-order chi connectivity index (χ1) is 14.5. The Balaban J connectivity index is 1.38. The molecule has 1 fully saturated rings. The first-order valence-corrected chi connectivity index (χ1v) is 10.4. The highest BCUT2D eigenvalue weighted by Gasteiger charge is 2.29. The van der Waals surface area contributed by atoms with Crippen LogP contribution in [0.5, 0.6) is 11.5 Å². The number of aryl methyl sites for hydroxylation is 1. The normalized spacial score (nSPS) is 16.0. The van der Waals surface area contributed by atoms with E-state index in [1.807, 2.05) is 17.0 Å². The van der Waals surface area contributed by atoms with Crippen molar-refractivity contribution in [2.45, 2.75) is 27.3 Å². The van der Waals surface area contributed by atoms with Gasteiger partial charge >= 0.3 is 5.97 Å². The zero-order chi connectivity index (χ0) is 21.3. The predicted octanol–water partition coefficient (Wildman–Crippen LogP) is 1.08. The number of amides is 1. The highest BCUT2D eigenvalue weighted by atomic mass is 16.7. The molecule has 1 saturated heterocycles. The molecular formula is C22H28N3O5+. The molecule has 2 N–H and O–H groups in total. The van der Waals surface area contributed by atoms with Crippen LogP contribution in [0.1, 0.15) is 44.6 Å². The lowest BCUT2D eigenvalue weighted by Gasteiger charge is -2.32. The number of benzene rings is 1. The lowest BCUT2D eigenvalue weighted by atomic mass is 10.1. The molecule has 0 unspecified atom stereocenters. The summed E-state index contributed by atoms with van der Waals surface area (Å²) in [5, 5.41) is 0. The molecule has 0 spiro atoms. The minimum Gasteiger partial charge on any atom is -0.462 e. The Bertz CT molecular complexity index is 960. The van der Waals surface area contributed by atoms with E-state index in [4.69, 9.17) is 14.2 Å². The van der Waals surface area contributed by atoms with E-state index in [2.05, 4.69) is 11.1 Å². The smallest absolute Gasteiger partial charge is 0.340 e. The van der Waals surface area contributed by atoms with Crippen molar-refractivity contribution in [2.24, 2.45) is 0 Å². The Kier molecular flexibility index (Phi) is 5.67. The third-order valence-electron chi connectivity index (χ3n) is 5.78. The number of carbonyl (C=O) groups excluding carboxylic acids is 2. The van der Waals surface area contributed by atoms with Crippen molar-refractivity contribution < 1.29 is 28.7 Å². The van der Waals surface area contributed by atoms with Crippen molar-refractivity contribution in [3.8, 4) is 11.5 Å². The van der Waals surface area contributed by atoms with Gasteiger partial charge in [0.05, 0.1) is 38.3 Å². The van der Waals surface area contributed by atoms with Crippen LogP contribution in [-0.2, 0) is 11.3 Å². The summed E-state index contributed by atoms with van der Waals surface area (Å²) in [6, 6.07) is 6.06. The number of nitrogens with zero attached hydrogens (tertiary/aromatic N) is 1. The maximum absolute atomic E-state index is 13.1. The Hall–Kier alpha value is -3.00. The van der Waals surface area contributed by atoms with Crippen LogP contribution in [0.25, 0.3) is 0 Å². The van der Waals surface area contributed by atoms with Crippen LogP contribution in [0.2, 0.25) is 0 Å². The summed E-state index contributed by atoms with van der Waals surface area (Å²) in [5.41, 5.74) is 3.47. The number of piperazine rings is 1. The molecule has 0 atom stereocenters. The number of H-pyrrole nitrogens is 1. The Morgan fingerprint density at radius 1 is 1.17 bits per heavy atom. The molecule has 2 aliphatic heterocycles. The number of aromatic amines is 1. The van der Waals surface area contributed by atoms with E-state index in [9.17, 15) is 9.59 Å². The first kappa shape index (κ1) is 20.3. The van der Waals surface area contributed by atoms with Crippen molar-refractivity contribution in [1.82, 2.24) is 9.88 Å². The number of quaternary nitrogens is 1. The SMILES string of the molecule is CCOC(=O)c1c(C)[nH]c(C(=O)N2CC[NH+](Cc3ccc4c(c3)OCO4)CC2)c1C. The predicted molar refractivity (Wildman–Crippen MR) is 109 cm³/mol. The van der Waals surface area contributed by atoms with Gasteiger partial charge in [-0.05, 0) is 44.5 Å². The molecular weight excluding hydrogens is 386 g/mol. The Morgan fingerprint density at radius 2 is 1.90 bits per heavy atom. The summed E-state index contributed by atoms with van der Waals surface area (Å²) >= 11 is 0. The quantitative estimate of drug-likeness (QED) is 0.716. The van der Waals surface area contributed by atoms with Gasteiger partial charge in [-0.1, -0.05) is 0 Å². The average Bonchev–Trinajstić information content (AvgIpc) is 3.31. The van der Waals surface area contributed by atoms with Crippen LogP contribution in [0, 0.1) is 13.8 Å². The van der Waals surface area contributed by atoms with E-state index in [0.717, 1.165) is 31.1 Å². The number of fused-ring (bicyclic) bond motifs is 1. The van der Waals surface area contributed by atoms with Crippen LogP contribution in [0.15, 0.2) is 18.2 Å². The lowest BCUT2D eigenvalue weighted by Crippen LogP contribution is -3.13. The Labute approximate surface area is 175 Å². The molecule has 8 heteroatoms. The van der Waals surface area contributed by atoms with Crippen molar-refractivity contribution in [3.05, 3.63) is 46.3 Å². The number of rotatable bonds is 5. The molecule has 4 rings (SSSR count). The molecule has 30 heavy (non-hydrogen) atoms. The molecule has 160 valence electrons. The molecule has 2 aromatic rings. The van der Waals surface area contributed by atoms with E-state index in [0.29, 0.717) is 42.2 Å². The van der Waals surface area contributed by atoms with Gasteiger partial charge in [-0.3, -0.25) is 4.79 Å². The van der Waals surface area contributed by atoms with E-state index in [1.54, 1.807) is 20.8 Å². The van der Waals surface area contributed by atoms with Gasteiger partial charge in [0, 0.05) is 11.3 Å². The second kappa shape index (κ2) is 8.39. The molecule has 1 amide bonds. The summed E-state index contributed by atoms with van der Waals surface area (Å²) in [5.74, 6) is 1.15. The minimum absolute atomic E-state index is 0.0618. The van der Waals surface area contributed by atoms with Crippen LogP contribution in [-0.4, -0.2) is 61.3 Å². The van der Waals surface area contributed by atoms with Gasteiger partial charge in [0.25, 0.3) is 5.91 Å². The van der Waals surface area contributed by atoms with E-state index in [-0.39, 0.29) is 18.7 Å². The largest absolute Gasteiger partial charge is 0.462 e. The number of aromatic nitrogens is 1. The van der Waals surface area contributed by atoms with Gasteiger partial charge in [0.15, 0.2) is 11.5 Å². The van der Waals surface area contributed by atoms with Gasteiger partial charge in [0.1, 0.15) is 12.2 Å². The molecule has 0 radical (unpaired) electrons. The average molecular weight is 414 g/mol. The van der Waals surface area contributed by atoms with Crippen molar-refractivity contribution in [2.75, 3.05) is 39.6 Å². The molecule has 3 heterocycles. The summed E-state index contributed by atoms with van der Waals surface area (Å²) < 4.78 is 16.0. The number of nitrogens with one attached hydrogen (secondary N) is 2. The summed E-state index contributed by atoms with van der Waals surface area (Å²) in [6.45, 7) is 9.90. The summed E-state index contributed by atoms with van der Waals surface area (Å²) in [7, 11) is 0. The molecule has 8 nitrogen and oxygen atoms in total. The van der Waals surface area contributed by atoms with E-state index in [1.165, 1.54) is 10.5 Å². The van der Waals surface area contributed by atoms with E-state index < -0.39 is 0 Å². The van der Waals surface area contributed by atoms with Crippen molar-refractivity contribution >= 4 is 11.9 Å². The molecule has 0 saturated carbocycles. The highest BCUT2D eigenvalue weighted by molar-refractivity contribution is 6.00. The maximum atomic E-state index is 13.1. The van der Waals surface area contributed by atoms with Gasteiger partial charge in [-0.2, -0.15) is 0 Å². The second-order valence-corrected chi connectivity index (χ2v) is 7.75. The Morgan fingerprint density at radius 3 is 2.63 bits per heavy atom. The van der Waals surface area contributed by atoms with Gasteiger partial charge in [-0.15, -0.1) is 0 Å². The third kappa shape index (κ3) is 3.87. The van der Waals surface area contributed by atoms with E-state index >= 15 is 0 Å². The van der Waals surface area contributed by atoms with Crippen molar-refractivity contribution in [1.29, 1.82) is 0 Å². The third-order valence-corrected chi connectivity index (χ3v) is 5.78. The minimum atomic E-state index is -0.388. The second-order valence-electron chi connectivity index (χ2n) is 7.75.